The first-order valence-corrected chi connectivity index (χ1v) is 13.0. The van der Waals surface area contributed by atoms with E-state index in [1.54, 1.807) is 17.0 Å². The summed E-state index contributed by atoms with van der Waals surface area (Å²) in [6.07, 6.45) is 4.59. The molecule has 1 atom stereocenters. The van der Waals surface area contributed by atoms with Gasteiger partial charge in [0.1, 0.15) is 12.6 Å². The molecule has 1 aliphatic heterocycles. The van der Waals surface area contributed by atoms with Gasteiger partial charge >= 0.3 is 0 Å². The van der Waals surface area contributed by atoms with E-state index in [2.05, 4.69) is 5.32 Å². The Bertz CT molecular complexity index is 1310. The van der Waals surface area contributed by atoms with Crippen molar-refractivity contribution in [3.63, 3.8) is 0 Å². The molecule has 3 aromatic carbocycles. The molecule has 0 unspecified atom stereocenters. The molecule has 3 amide bonds. The highest BCUT2D eigenvalue weighted by atomic mass is 35.5. The van der Waals surface area contributed by atoms with E-state index < -0.39 is 6.04 Å². The molecule has 0 radical (unpaired) electrons. The topological polar surface area (TPSA) is 69.7 Å². The summed E-state index contributed by atoms with van der Waals surface area (Å²) in [4.78, 5) is 43.7. The number of nitrogens with one attached hydrogen (secondary N) is 1. The zero-order valence-electron chi connectivity index (χ0n) is 20.4. The molecule has 1 saturated carbocycles. The molecular formula is C29H30ClN3O3. The molecule has 0 aromatic heterocycles. The van der Waals surface area contributed by atoms with Crippen molar-refractivity contribution >= 4 is 45.8 Å². The van der Waals surface area contributed by atoms with Crippen molar-refractivity contribution in [2.24, 2.45) is 0 Å². The van der Waals surface area contributed by atoms with Gasteiger partial charge in [0, 0.05) is 28.6 Å². The molecule has 1 heterocycles. The van der Waals surface area contributed by atoms with E-state index in [-0.39, 0.29) is 36.9 Å². The maximum absolute atomic E-state index is 13.9. The number of amides is 3. The van der Waals surface area contributed by atoms with Gasteiger partial charge in [-0.2, -0.15) is 0 Å². The molecule has 0 bridgehead atoms. The molecule has 0 spiro atoms. The largest absolute Gasteiger partial charge is 0.352 e. The number of anilines is 1. The Morgan fingerprint density at radius 1 is 1.06 bits per heavy atom. The fraction of sp³-hybridized carbons (Fsp3) is 0.345. The summed E-state index contributed by atoms with van der Waals surface area (Å²) in [6.45, 7) is 1.95. The Balaban J connectivity index is 1.44. The van der Waals surface area contributed by atoms with Crippen molar-refractivity contribution in [3.05, 3.63) is 76.8 Å². The van der Waals surface area contributed by atoms with E-state index >= 15 is 0 Å². The van der Waals surface area contributed by atoms with Crippen LogP contribution in [0, 0.1) is 0 Å². The number of halogens is 1. The third-order valence-corrected chi connectivity index (χ3v) is 7.70. The third kappa shape index (κ3) is 4.58. The van der Waals surface area contributed by atoms with Crippen molar-refractivity contribution in [2.75, 3.05) is 11.4 Å². The van der Waals surface area contributed by atoms with Crippen LogP contribution in [-0.4, -0.2) is 41.2 Å². The van der Waals surface area contributed by atoms with Crippen LogP contribution < -0.4 is 10.2 Å². The molecule has 1 aliphatic carbocycles. The van der Waals surface area contributed by atoms with Gasteiger partial charge in [0.15, 0.2) is 0 Å². The van der Waals surface area contributed by atoms with E-state index in [4.69, 9.17) is 11.6 Å². The first-order chi connectivity index (χ1) is 17.5. The normalized spacial score (nSPS) is 15.9. The van der Waals surface area contributed by atoms with Gasteiger partial charge in [-0.05, 0) is 48.4 Å². The van der Waals surface area contributed by atoms with E-state index in [1.165, 1.54) is 4.90 Å². The molecule has 3 aromatic rings. The highest BCUT2D eigenvalue weighted by Gasteiger charge is 2.35. The average Bonchev–Trinajstić information content (AvgIpc) is 3.48. The first kappa shape index (κ1) is 24.3. The van der Waals surface area contributed by atoms with Gasteiger partial charge in [0.05, 0.1) is 5.69 Å². The summed E-state index contributed by atoms with van der Waals surface area (Å²) in [5.74, 6) is -0.638. The number of benzene rings is 3. The van der Waals surface area contributed by atoms with Gasteiger partial charge in [-0.15, -0.1) is 0 Å². The number of carbonyl (C=O) groups is 3. The van der Waals surface area contributed by atoms with Crippen molar-refractivity contribution in [3.8, 4) is 0 Å². The Morgan fingerprint density at radius 3 is 2.50 bits per heavy atom. The molecule has 5 rings (SSSR count). The summed E-state index contributed by atoms with van der Waals surface area (Å²) in [6, 6.07) is 18.2. The van der Waals surface area contributed by atoms with Crippen LogP contribution >= 0.6 is 11.6 Å². The van der Waals surface area contributed by atoms with E-state index in [1.807, 2.05) is 55.5 Å². The van der Waals surface area contributed by atoms with Crippen LogP contribution in [0.5, 0.6) is 0 Å². The lowest BCUT2D eigenvalue weighted by molar-refractivity contribution is -0.140. The van der Waals surface area contributed by atoms with Gasteiger partial charge < -0.3 is 10.2 Å². The van der Waals surface area contributed by atoms with Crippen LogP contribution in [0.3, 0.4) is 0 Å². The van der Waals surface area contributed by atoms with Crippen molar-refractivity contribution in [1.82, 2.24) is 10.2 Å². The van der Waals surface area contributed by atoms with Crippen molar-refractivity contribution in [2.45, 2.75) is 57.7 Å². The van der Waals surface area contributed by atoms with E-state index in [9.17, 15) is 14.4 Å². The zero-order valence-corrected chi connectivity index (χ0v) is 21.1. The van der Waals surface area contributed by atoms with Crippen molar-refractivity contribution in [1.29, 1.82) is 0 Å². The lowest BCUT2D eigenvalue weighted by atomic mass is 10.1. The number of hydrogen-bond donors (Lipinski definition) is 1. The molecule has 6 nitrogen and oxygen atoms in total. The van der Waals surface area contributed by atoms with Gasteiger partial charge in [-0.3, -0.25) is 19.3 Å². The summed E-state index contributed by atoms with van der Waals surface area (Å²) >= 11 is 6.44. The van der Waals surface area contributed by atoms with Gasteiger partial charge in [0.25, 0.3) is 5.91 Å². The Morgan fingerprint density at radius 2 is 1.78 bits per heavy atom. The summed E-state index contributed by atoms with van der Waals surface area (Å²) in [5.41, 5.74) is 2.08. The minimum Gasteiger partial charge on any atom is -0.352 e. The second kappa shape index (κ2) is 10.3. The number of hydrogen-bond acceptors (Lipinski definition) is 3. The lowest BCUT2D eigenvalue weighted by Crippen LogP contribution is -2.53. The smallest absolute Gasteiger partial charge is 0.259 e. The minimum absolute atomic E-state index is 0.149. The highest BCUT2D eigenvalue weighted by Crippen LogP contribution is 2.37. The van der Waals surface area contributed by atoms with Crippen LogP contribution in [0.1, 0.15) is 54.9 Å². The molecular weight excluding hydrogens is 474 g/mol. The minimum atomic E-state index is -0.662. The Hall–Kier alpha value is -3.38. The summed E-state index contributed by atoms with van der Waals surface area (Å²) in [5, 5.41) is 5.51. The molecule has 2 aliphatic rings. The molecule has 7 heteroatoms. The third-order valence-electron chi connectivity index (χ3n) is 7.33. The highest BCUT2D eigenvalue weighted by molar-refractivity contribution is 6.31. The van der Waals surface area contributed by atoms with E-state index in [0.717, 1.165) is 47.7 Å². The maximum Gasteiger partial charge on any atom is 0.259 e. The monoisotopic (exact) mass is 503 g/mol. The maximum atomic E-state index is 13.9. The van der Waals surface area contributed by atoms with Crippen LogP contribution in [0.4, 0.5) is 5.69 Å². The number of nitrogens with zero attached hydrogens (tertiary/aromatic N) is 2. The predicted molar refractivity (Wildman–Crippen MR) is 142 cm³/mol. The summed E-state index contributed by atoms with van der Waals surface area (Å²) < 4.78 is 0. The van der Waals surface area contributed by atoms with Gasteiger partial charge in [-0.25, -0.2) is 0 Å². The Kier molecular flexibility index (Phi) is 6.97. The second-order valence-electron chi connectivity index (χ2n) is 9.60. The molecule has 0 saturated heterocycles. The first-order valence-electron chi connectivity index (χ1n) is 12.6. The van der Waals surface area contributed by atoms with E-state index in [0.29, 0.717) is 17.0 Å². The molecule has 1 fully saturated rings. The lowest BCUT2D eigenvalue weighted by Gasteiger charge is -2.33. The molecule has 36 heavy (non-hydrogen) atoms. The molecule has 186 valence electrons. The number of carbonyl (C=O) groups excluding carboxylic acids is 3. The number of rotatable bonds is 8. The van der Waals surface area contributed by atoms with Crippen LogP contribution in [-0.2, 0) is 16.1 Å². The SMILES string of the molecule is CC[C@@H](C(=O)NC1CCCC1)N(Cc1ccccc1Cl)C(=O)CN1C(=O)c2cccc3cccc1c23. The van der Waals surface area contributed by atoms with Crippen LogP contribution in [0.25, 0.3) is 10.8 Å². The van der Waals surface area contributed by atoms with Gasteiger partial charge in [0.2, 0.25) is 11.8 Å². The standard InChI is InChI=1S/C29H30ClN3O3/c1-2-24(28(35)31-21-12-4-5-13-21)32(17-20-9-3-6-15-23(20)30)26(34)18-33-25-16-8-11-19-10-7-14-22(27(19)25)29(33)36/h3,6-11,14-16,21,24H,2,4-5,12-13,17-18H2,1H3,(H,31,35)/t24-/m0/s1. The van der Waals surface area contributed by atoms with Gasteiger partial charge in [-0.1, -0.05) is 73.8 Å². The second-order valence-corrected chi connectivity index (χ2v) is 10.0. The quantitative estimate of drug-likeness (QED) is 0.452. The summed E-state index contributed by atoms with van der Waals surface area (Å²) in [7, 11) is 0. The van der Waals surface area contributed by atoms with Crippen molar-refractivity contribution < 1.29 is 14.4 Å². The Labute approximate surface area is 216 Å². The molecule has 1 N–H and O–H groups in total. The fourth-order valence-electron chi connectivity index (χ4n) is 5.46. The fourth-order valence-corrected chi connectivity index (χ4v) is 5.65. The van der Waals surface area contributed by atoms with Crippen LogP contribution in [0.15, 0.2) is 60.7 Å². The average molecular weight is 504 g/mol. The zero-order chi connectivity index (χ0) is 25.2. The van der Waals surface area contributed by atoms with Crippen LogP contribution in [0.2, 0.25) is 5.02 Å². The predicted octanol–water partition coefficient (Wildman–Crippen LogP) is 5.32.